The number of halogens is 2. The first kappa shape index (κ1) is 28.0. The van der Waals surface area contributed by atoms with Crippen molar-refractivity contribution >= 4 is 16.8 Å². The van der Waals surface area contributed by atoms with Crippen molar-refractivity contribution < 1.29 is 23.4 Å². The number of carbonyl (C=O) groups is 1. The van der Waals surface area contributed by atoms with Gasteiger partial charge in [0.2, 0.25) is 0 Å². The average Bonchev–Trinajstić information content (AvgIpc) is 3.27. The number of aliphatic hydroxyl groups is 1. The number of hydrogen-bond donors (Lipinski definition) is 3. The molecule has 0 radical (unpaired) electrons. The molecule has 0 aliphatic rings. The largest absolute Gasteiger partial charge is 0.456 e. The van der Waals surface area contributed by atoms with Crippen molar-refractivity contribution in [1.82, 2.24) is 14.9 Å². The third kappa shape index (κ3) is 5.73. The van der Waals surface area contributed by atoms with E-state index in [1.54, 1.807) is 70.4 Å². The molecule has 4 aromatic rings. The van der Waals surface area contributed by atoms with Crippen molar-refractivity contribution in [2.75, 3.05) is 0 Å². The summed E-state index contributed by atoms with van der Waals surface area (Å²) in [7, 11) is 1.58. The summed E-state index contributed by atoms with van der Waals surface area (Å²) in [4.78, 5) is 28.9. The molecule has 0 spiro atoms. The van der Waals surface area contributed by atoms with Crippen LogP contribution in [0.3, 0.4) is 0 Å². The van der Waals surface area contributed by atoms with Crippen LogP contribution >= 0.6 is 0 Å². The number of pyridine rings is 1. The van der Waals surface area contributed by atoms with Gasteiger partial charge in [-0.15, -0.1) is 0 Å². The fourth-order valence-corrected chi connectivity index (χ4v) is 4.39. The van der Waals surface area contributed by atoms with Gasteiger partial charge in [0, 0.05) is 35.3 Å². The summed E-state index contributed by atoms with van der Waals surface area (Å²) < 4.78 is 35.3. The SMILES string of the molecule is Cc1cccc(C(F)F)c1Oc1ccc(C(C)(C)O)cc1-c1cn(C)c(=O)c2[nH]c(C(=O)NC(C)(C)C)cc12. The van der Waals surface area contributed by atoms with E-state index in [-0.39, 0.29) is 39.7 Å². The second-order valence-corrected chi connectivity index (χ2v) is 11.3. The molecule has 206 valence electrons. The molecule has 0 bridgehead atoms. The number of aromatic amines is 1. The summed E-state index contributed by atoms with van der Waals surface area (Å²) in [5, 5.41) is 14.1. The Morgan fingerprint density at radius 1 is 1.08 bits per heavy atom. The molecule has 0 unspecified atom stereocenters. The first-order valence-corrected chi connectivity index (χ1v) is 12.5. The number of ether oxygens (including phenoxy) is 1. The molecule has 9 heteroatoms. The number of para-hydroxylation sites is 1. The maximum atomic E-state index is 13.9. The van der Waals surface area contributed by atoms with Gasteiger partial charge in [-0.1, -0.05) is 18.2 Å². The molecule has 0 saturated heterocycles. The number of aryl methyl sites for hydroxylation is 2. The highest BCUT2D eigenvalue weighted by atomic mass is 19.3. The number of hydrogen-bond acceptors (Lipinski definition) is 4. The Bertz CT molecular complexity index is 1620. The minimum absolute atomic E-state index is 0.0325. The van der Waals surface area contributed by atoms with Gasteiger partial charge in [-0.3, -0.25) is 9.59 Å². The van der Waals surface area contributed by atoms with Crippen LogP contribution in [0.15, 0.2) is 53.5 Å². The Kier molecular flexibility index (Phi) is 7.16. The molecule has 0 atom stereocenters. The molecule has 2 aromatic heterocycles. The van der Waals surface area contributed by atoms with Gasteiger partial charge >= 0.3 is 0 Å². The summed E-state index contributed by atoms with van der Waals surface area (Å²) in [6.45, 7) is 10.5. The smallest absolute Gasteiger partial charge is 0.274 e. The van der Waals surface area contributed by atoms with Crippen molar-refractivity contribution in [2.24, 2.45) is 7.05 Å². The lowest BCUT2D eigenvalue weighted by Gasteiger charge is -2.22. The zero-order chi connectivity index (χ0) is 28.9. The van der Waals surface area contributed by atoms with Gasteiger partial charge in [0.25, 0.3) is 17.9 Å². The summed E-state index contributed by atoms with van der Waals surface area (Å²) in [6, 6.07) is 11.1. The lowest BCUT2D eigenvalue weighted by molar-refractivity contribution is 0.0786. The van der Waals surface area contributed by atoms with Crippen LogP contribution in [0.25, 0.3) is 22.0 Å². The Hall–Kier alpha value is -3.98. The molecular formula is C30H33F2N3O4. The normalized spacial score (nSPS) is 12.3. The van der Waals surface area contributed by atoms with Gasteiger partial charge in [0.15, 0.2) is 0 Å². The van der Waals surface area contributed by atoms with Crippen LogP contribution in [0, 0.1) is 6.92 Å². The molecule has 2 heterocycles. The molecule has 39 heavy (non-hydrogen) atoms. The van der Waals surface area contributed by atoms with Crippen LogP contribution in [0.5, 0.6) is 11.5 Å². The number of nitrogens with zero attached hydrogens (tertiary/aromatic N) is 1. The van der Waals surface area contributed by atoms with Gasteiger partial charge in [0.1, 0.15) is 22.7 Å². The molecular weight excluding hydrogens is 504 g/mol. The standard InChI is InChI=1S/C30H33F2N3O4/c1-16-9-8-10-18(26(31)32)25(16)39-23-12-11-17(30(5,6)38)13-19(23)21-15-35(7)28(37)24-20(21)14-22(33-24)27(36)34-29(2,3)4/h8-15,26,33,38H,1-7H3,(H,34,36). The van der Waals surface area contributed by atoms with Crippen LogP contribution in [0.1, 0.15) is 68.2 Å². The van der Waals surface area contributed by atoms with E-state index in [4.69, 9.17) is 4.74 Å². The predicted molar refractivity (Wildman–Crippen MR) is 148 cm³/mol. The minimum Gasteiger partial charge on any atom is -0.456 e. The summed E-state index contributed by atoms with van der Waals surface area (Å²) >= 11 is 0. The molecule has 2 aromatic carbocycles. The van der Waals surface area contributed by atoms with E-state index in [1.807, 2.05) is 20.8 Å². The predicted octanol–water partition coefficient (Wildman–Crippen LogP) is 6.33. The third-order valence-electron chi connectivity index (χ3n) is 6.36. The number of aromatic nitrogens is 2. The van der Waals surface area contributed by atoms with Crippen LogP contribution in [-0.2, 0) is 12.6 Å². The number of amides is 1. The Morgan fingerprint density at radius 2 is 1.77 bits per heavy atom. The lowest BCUT2D eigenvalue weighted by atomic mass is 9.93. The van der Waals surface area contributed by atoms with E-state index in [0.717, 1.165) is 0 Å². The second kappa shape index (κ2) is 9.96. The number of fused-ring (bicyclic) bond motifs is 1. The van der Waals surface area contributed by atoms with Crippen molar-refractivity contribution in [3.8, 4) is 22.6 Å². The quantitative estimate of drug-likeness (QED) is 0.268. The van der Waals surface area contributed by atoms with E-state index >= 15 is 0 Å². The summed E-state index contributed by atoms with van der Waals surface area (Å²) in [5.41, 5.74) is 0.143. The van der Waals surface area contributed by atoms with E-state index in [2.05, 4.69) is 10.3 Å². The van der Waals surface area contributed by atoms with Gasteiger partial charge < -0.3 is 24.7 Å². The lowest BCUT2D eigenvalue weighted by Crippen LogP contribution is -2.40. The van der Waals surface area contributed by atoms with Gasteiger partial charge in [-0.2, -0.15) is 0 Å². The maximum absolute atomic E-state index is 13.9. The van der Waals surface area contributed by atoms with E-state index in [0.29, 0.717) is 27.6 Å². The number of H-pyrrole nitrogens is 1. The number of carbonyl (C=O) groups excluding carboxylic acids is 1. The third-order valence-corrected chi connectivity index (χ3v) is 6.36. The van der Waals surface area contributed by atoms with Gasteiger partial charge in [0.05, 0.1) is 11.2 Å². The van der Waals surface area contributed by atoms with Crippen LogP contribution in [-0.4, -0.2) is 26.1 Å². The zero-order valence-electron chi connectivity index (χ0n) is 23.1. The second-order valence-electron chi connectivity index (χ2n) is 11.3. The minimum atomic E-state index is -2.75. The Morgan fingerprint density at radius 3 is 2.38 bits per heavy atom. The first-order chi connectivity index (χ1) is 18.1. The highest BCUT2D eigenvalue weighted by Gasteiger charge is 2.25. The first-order valence-electron chi connectivity index (χ1n) is 12.5. The molecule has 4 rings (SSSR count). The van der Waals surface area contributed by atoms with Crippen LogP contribution in [0.4, 0.5) is 8.78 Å². The maximum Gasteiger partial charge on any atom is 0.274 e. The van der Waals surface area contributed by atoms with E-state index < -0.39 is 17.6 Å². The van der Waals surface area contributed by atoms with Gasteiger partial charge in [-0.25, -0.2) is 8.78 Å². The van der Waals surface area contributed by atoms with E-state index in [1.165, 1.54) is 10.6 Å². The molecule has 0 aliphatic carbocycles. The summed E-state index contributed by atoms with van der Waals surface area (Å²) in [6.07, 6.45) is -1.15. The number of alkyl halides is 2. The van der Waals surface area contributed by atoms with Crippen molar-refractivity contribution in [2.45, 2.75) is 59.1 Å². The molecule has 7 nitrogen and oxygen atoms in total. The number of benzene rings is 2. The topological polar surface area (TPSA) is 96.3 Å². The highest BCUT2D eigenvalue weighted by molar-refractivity contribution is 6.03. The highest BCUT2D eigenvalue weighted by Crippen LogP contribution is 2.42. The van der Waals surface area contributed by atoms with Gasteiger partial charge in [-0.05, 0) is 76.9 Å². The van der Waals surface area contributed by atoms with Crippen molar-refractivity contribution in [1.29, 1.82) is 0 Å². The fraction of sp³-hybridized carbons (Fsp3) is 0.333. The molecule has 3 N–H and O–H groups in total. The molecule has 1 amide bonds. The summed E-state index contributed by atoms with van der Waals surface area (Å²) in [5.74, 6) is -0.0962. The monoisotopic (exact) mass is 537 g/mol. The average molecular weight is 538 g/mol. The van der Waals surface area contributed by atoms with E-state index in [9.17, 15) is 23.5 Å². The number of rotatable bonds is 6. The Labute approximate surface area is 225 Å². The Balaban J connectivity index is 1.99. The zero-order valence-corrected chi connectivity index (χ0v) is 23.1. The van der Waals surface area contributed by atoms with Crippen molar-refractivity contribution in [3.05, 3.63) is 81.4 Å². The molecule has 0 aliphatic heterocycles. The van der Waals surface area contributed by atoms with Crippen LogP contribution < -0.4 is 15.6 Å². The van der Waals surface area contributed by atoms with Crippen molar-refractivity contribution in [3.63, 3.8) is 0 Å². The molecule has 0 saturated carbocycles. The fourth-order valence-electron chi connectivity index (χ4n) is 4.39. The number of nitrogens with one attached hydrogen (secondary N) is 2. The van der Waals surface area contributed by atoms with Crippen LogP contribution in [0.2, 0.25) is 0 Å². The molecule has 0 fully saturated rings.